The van der Waals surface area contributed by atoms with Crippen LogP contribution in [0.1, 0.15) is 27.3 Å². The van der Waals surface area contributed by atoms with Crippen LogP contribution in [0.25, 0.3) is 5.69 Å². The number of aryl methyl sites for hydroxylation is 1. The van der Waals surface area contributed by atoms with Crippen LogP contribution in [-0.4, -0.2) is 58.3 Å². The molecule has 0 unspecified atom stereocenters. The highest BCUT2D eigenvalue weighted by atomic mass is 16.5. The van der Waals surface area contributed by atoms with Crippen LogP contribution in [0.3, 0.4) is 0 Å². The molecule has 0 radical (unpaired) electrons. The van der Waals surface area contributed by atoms with Gasteiger partial charge in [0.15, 0.2) is 5.69 Å². The number of piperazine rings is 1. The van der Waals surface area contributed by atoms with E-state index < -0.39 is 0 Å². The molecule has 0 bridgehead atoms. The van der Waals surface area contributed by atoms with Crippen molar-refractivity contribution in [3.63, 3.8) is 0 Å². The molecular formula is C25H26N4O3. The van der Waals surface area contributed by atoms with Crippen molar-refractivity contribution in [1.29, 1.82) is 0 Å². The summed E-state index contributed by atoms with van der Waals surface area (Å²) in [6, 6.07) is 17.4. The van der Waals surface area contributed by atoms with Crippen molar-refractivity contribution < 1.29 is 9.53 Å². The zero-order valence-electron chi connectivity index (χ0n) is 18.2. The maximum absolute atomic E-state index is 13.1. The Hall–Kier alpha value is -3.45. The lowest BCUT2D eigenvalue weighted by atomic mass is 10.1. The maximum Gasteiger partial charge on any atom is 0.278 e. The van der Waals surface area contributed by atoms with Crippen molar-refractivity contribution in [2.24, 2.45) is 0 Å². The van der Waals surface area contributed by atoms with E-state index in [1.807, 2.05) is 37.3 Å². The number of ether oxygens (including phenoxy) is 1. The van der Waals surface area contributed by atoms with Crippen molar-refractivity contribution in [1.82, 2.24) is 19.6 Å². The van der Waals surface area contributed by atoms with Gasteiger partial charge in [-0.05, 0) is 36.2 Å². The Morgan fingerprint density at radius 2 is 1.81 bits per heavy atom. The minimum absolute atomic E-state index is 0.0217. The average Bonchev–Trinajstić information content (AvgIpc) is 3.28. The lowest BCUT2D eigenvalue weighted by Gasteiger charge is -2.34. The summed E-state index contributed by atoms with van der Waals surface area (Å²) in [6.07, 6.45) is 0.968. The number of benzene rings is 2. The van der Waals surface area contributed by atoms with Gasteiger partial charge < -0.3 is 9.64 Å². The minimum Gasteiger partial charge on any atom is -0.493 e. The zero-order valence-corrected chi connectivity index (χ0v) is 18.2. The second-order valence-corrected chi connectivity index (χ2v) is 8.35. The highest BCUT2D eigenvalue weighted by Gasteiger charge is 2.26. The van der Waals surface area contributed by atoms with Gasteiger partial charge in [-0.15, -0.1) is 0 Å². The molecule has 1 fully saturated rings. The maximum atomic E-state index is 13.1. The summed E-state index contributed by atoms with van der Waals surface area (Å²) in [5.74, 6) is 0.699. The fraction of sp³-hybridized carbons (Fsp3) is 0.320. The number of carbonyl (C=O) groups is 1. The molecule has 0 N–H and O–H groups in total. The van der Waals surface area contributed by atoms with E-state index in [1.54, 1.807) is 9.58 Å². The normalized spacial score (nSPS) is 16.0. The van der Waals surface area contributed by atoms with Crippen LogP contribution >= 0.6 is 0 Å². The first-order chi connectivity index (χ1) is 15.6. The Labute approximate surface area is 186 Å². The summed E-state index contributed by atoms with van der Waals surface area (Å²) in [7, 11) is 0. The Kier molecular flexibility index (Phi) is 5.49. The summed E-state index contributed by atoms with van der Waals surface area (Å²) in [5, 5.41) is 4.42. The van der Waals surface area contributed by atoms with E-state index in [2.05, 4.69) is 28.2 Å². The van der Waals surface area contributed by atoms with E-state index in [0.29, 0.717) is 18.8 Å². The zero-order chi connectivity index (χ0) is 22.1. The molecule has 32 heavy (non-hydrogen) atoms. The van der Waals surface area contributed by atoms with Gasteiger partial charge in [0.05, 0.1) is 12.3 Å². The molecule has 3 heterocycles. The second-order valence-electron chi connectivity index (χ2n) is 8.35. The van der Waals surface area contributed by atoms with Crippen LogP contribution < -0.4 is 10.2 Å². The number of rotatable bonds is 4. The number of hydrogen-bond acceptors (Lipinski definition) is 5. The molecule has 3 aromatic rings. The van der Waals surface area contributed by atoms with Gasteiger partial charge >= 0.3 is 0 Å². The Morgan fingerprint density at radius 1 is 1.03 bits per heavy atom. The third-order valence-electron chi connectivity index (χ3n) is 6.13. The molecule has 2 aliphatic rings. The van der Waals surface area contributed by atoms with Gasteiger partial charge in [-0.25, -0.2) is 4.68 Å². The van der Waals surface area contributed by atoms with Crippen LogP contribution in [0.15, 0.2) is 59.4 Å². The first-order valence-corrected chi connectivity index (χ1v) is 11.0. The van der Waals surface area contributed by atoms with E-state index in [4.69, 9.17) is 4.74 Å². The van der Waals surface area contributed by atoms with Crippen LogP contribution in [0, 0.1) is 6.92 Å². The largest absolute Gasteiger partial charge is 0.493 e. The number of carbonyl (C=O) groups excluding carboxylic acids is 1. The lowest BCUT2D eigenvalue weighted by molar-refractivity contribution is 0.0619. The number of hydrogen-bond donors (Lipinski definition) is 0. The molecule has 2 aliphatic heterocycles. The molecule has 164 valence electrons. The standard InChI is InChI=1S/C25H26N4O3/c1-18-15-22(30)24(26-29(18)21-5-3-2-4-6-21)25(31)28-12-10-27(11-13-28)17-19-7-8-23-20(16-19)9-14-32-23/h2-8,15-16H,9-14,17H2,1H3. The quantitative estimate of drug-likeness (QED) is 0.636. The van der Waals surface area contributed by atoms with E-state index >= 15 is 0 Å². The molecule has 1 saturated heterocycles. The van der Waals surface area contributed by atoms with E-state index in [1.165, 1.54) is 17.2 Å². The van der Waals surface area contributed by atoms with Crippen molar-refractivity contribution in [3.05, 3.63) is 87.3 Å². The van der Waals surface area contributed by atoms with Gasteiger partial charge in [-0.3, -0.25) is 14.5 Å². The fourth-order valence-electron chi connectivity index (χ4n) is 4.38. The molecule has 1 aromatic heterocycles. The van der Waals surface area contributed by atoms with Crippen LogP contribution in [0.2, 0.25) is 0 Å². The molecule has 2 aromatic carbocycles. The third-order valence-corrected chi connectivity index (χ3v) is 6.13. The molecule has 7 heteroatoms. The number of aromatic nitrogens is 2. The van der Waals surface area contributed by atoms with E-state index in [9.17, 15) is 9.59 Å². The first-order valence-electron chi connectivity index (χ1n) is 11.0. The molecule has 0 atom stereocenters. The number of nitrogens with zero attached hydrogens (tertiary/aromatic N) is 4. The summed E-state index contributed by atoms with van der Waals surface area (Å²) in [4.78, 5) is 29.8. The van der Waals surface area contributed by atoms with Crippen molar-refractivity contribution in [2.75, 3.05) is 32.8 Å². The van der Waals surface area contributed by atoms with Gasteiger partial charge in [0, 0.05) is 50.9 Å². The van der Waals surface area contributed by atoms with Crippen molar-refractivity contribution in [3.8, 4) is 11.4 Å². The molecule has 0 saturated carbocycles. The SMILES string of the molecule is Cc1cc(=O)c(C(=O)N2CCN(Cc3ccc4c(c3)CCO4)CC2)nn1-c1ccccc1. The first kappa shape index (κ1) is 20.5. The molecule has 0 aliphatic carbocycles. The van der Waals surface area contributed by atoms with Gasteiger partial charge in [-0.2, -0.15) is 5.10 Å². The highest BCUT2D eigenvalue weighted by Crippen LogP contribution is 2.26. The number of amides is 1. The van der Waals surface area contributed by atoms with Gasteiger partial charge in [0.2, 0.25) is 5.43 Å². The minimum atomic E-state index is -0.331. The Bertz CT molecular complexity index is 1200. The Morgan fingerprint density at radius 3 is 2.59 bits per heavy atom. The van der Waals surface area contributed by atoms with Crippen LogP contribution in [0.5, 0.6) is 5.75 Å². The third kappa shape index (κ3) is 4.03. The molecule has 1 amide bonds. The van der Waals surface area contributed by atoms with Crippen LogP contribution in [0.4, 0.5) is 0 Å². The summed E-state index contributed by atoms with van der Waals surface area (Å²) in [6.45, 7) is 6.10. The second kappa shape index (κ2) is 8.59. The van der Waals surface area contributed by atoms with Gasteiger partial charge in [-0.1, -0.05) is 30.3 Å². The monoisotopic (exact) mass is 430 g/mol. The smallest absolute Gasteiger partial charge is 0.278 e. The van der Waals surface area contributed by atoms with Crippen LogP contribution in [-0.2, 0) is 13.0 Å². The number of fused-ring (bicyclic) bond motifs is 1. The van der Waals surface area contributed by atoms with E-state index in [-0.39, 0.29) is 17.0 Å². The predicted molar refractivity (Wildman–Crippen MR) is 121 cm³/mol. The molecule has 7 nitrogen and oxygen atoms in total. The molecule has 0 spiro atoms. The van der Waals surface area contributed by atoms with Crippen molar-refractivity contribution in [2.45, 2.75) is 19.9 Å². The van der Waals surface area contributed by atoms with Gasteiger partial charge in [0.1, 0.15) is 5.75 Å². The lowest BCUT2D eigenvalue weighted by Crippen LogP contribution is -2.49. The Balaban J connectivity index is 1.27. The highest BCUT2D eigenvalue weighted by molar-refractivity contribution is 5.92. The van der Waals surface area contributed by atoms with Gasteiger partial charge in [0.25, 0.3) is 5.91 Å². The summed E-state index contributed by atoms with van der Waals surface area (Å²) in [5.41, 5.74) is 3.70. The number of para-hydroxylation sites is 1. The summed E-state index contributed by atoms with van der Waals surface area (Å²) >= 11 is 0. The molecule has 5 rings (SSSR count). The van der Waals surface area contributed by atoms with E-state index in [0.717, 1.165) is 44.1 Å². The molecular weight excluding hydrogens is 404 g/mol. The fourth-order valence-corrected chi connectivity index (χ4v) is 4.38. The topological polar surface area (TPSA) is 67.7 Å². The predicted octanol–water partition coefficient (Wildman–Crippen LogP) is 2.43. The average molecular weight is 431 g/mol. The summed E-state index contributed by atoms with van der Waals surface area (Å²) < 4.78 is 7.24. The van der Waals surface area contributed by atoms with Crippen molar-refractivity contribution >= 4 is 5.91 Å².